The number of nitrogens with zero attached hydrogens (tertiary/aromatic N) is 5. The summed E-state index contributed by atoms with van der Waals surface area (Å²) in [6.45, 7) is 4.43. The van der Waals surface area contributed by atoms with E-state index < -0.39 is 0 Å². The predicted octanol–water partition coefficient (Wildman–Crippen LogP) is 0.310. The highest BCUT2D eigenvalue weighted by atomic mass is 16.5. The van der Waals surface area contributed by atoms with Crippen molar-refractivity contribution in [1.82, 2.24) is 14.7 Å². The predicted molar refractivity (Wildman–Crippen MR) is 115 cm³/mol. The first kappa shape index (κ1) is 28.3. The molecule has 0 spiro atoms. The van der Waals surface area contributed by atoms with E-state index >= 15 is 0 Å². The van der Waals surface area contributed by atoms with Crippen molar-refractivity contribution in [3.63, 3.8) is 0 Å². The van der Waals surface area contributed by atoms with E-state index in [1.165, 1.54) is 0 Å². The smallest absolute Gasteiger partial charge is 0.230 e. The molecule has 0 amide bonds. The minimum atomic E-state index is 0.0965. The number of methoxy groups -OCH3 is 6. The second-order valence-electron chi connectivity index (χ2n) is 6.23. The third-order valence-corrected chi connectivity index (χ3v) is 3.65. The number of guanidine groups is 1. The Morgan fingerprint density at radius 2 is 1.20 bits per heavy atom. The number of nitrogens with one attached hydrogen (secondary N) is 1. The van der Waals surface area contributed by atoms with Gasteiger partial charge in [-0.1, -0.05) is 0 Å². The standard InChI is InChI=1S/C18H38N6O6/c1-16(24(14-29-6)15-30-7)20-18(23(13-28-5)8-9-25-2)21-17(19)10-22(11-26-3)12-27-4/h19H,8-15H2,1-7H3/b19-17?,20-16+,21-18?. The number of ether oxygens (including phenoxy) is 6. The topological polar surface area (TPSA) is 114 Å². The van der Waals surface area contributed by atoms with Crippen LogP contribution in [0.15, 0.2) is 9.98 Å². The number of amidine groups is 2. The largest absolute Gasteiger partial charge is 0.383 e. The van der Waals surface area contributed by atoms with Crippen molar-refractivity contribution in [2.24, 2.45) is 9.98 Å². The molecule has 0 unspecified atom stereocenters. The zero-order chi connectivity index (χ0) is 22.8. The number of hydrogen-bond donors (Lipinski definition) is 1. The van der Waals surface area contributed by atoms with Crippen LogP contribution in [0.25, 0.3) is 0 Å². The molecule has 0 bridgehead atoms. The maximum atomic E-state index is 8.35. The lowest BCUT2D eigenvalue weighted by Gasteiger charge is -2.26. The average molecular weight is 435 g/mol. The van der Waals surface area contributed by atoms with Gasteiger partial charge in [-0.15, -0.1) is 0 Å². The van der Waals surface area contributed by atoms with Gasteiger partial charge < -0.3 is 38.2 Å². The summed E-state index contributed by atoms with van der Waals surface area (Å²) in [5.41, 5.74) is 0. The molecule has 0 atom stereocenters. The van der Waals surface area contributed by atoms with Crippen LogP contribution in [0.3, 0.4) is 0 Å². The highest BCUT2D eigenvalue weighted by Gasteiger charge is 2.16. The molecule has 0 aromatic rings. The van der Waals surface area contributed by atoms with Crippen molar-refractivity contribution in [3.05, 3.63) is 0 Å². The first-order valence-corrected chi connectivity index (χ1v) is 9.34. The van der Waals surface area contributed by atoms with Gasteiger partial charge in [-0.2, -0.15) is 4.99 Å². The van der Waals surface area contributed by atoms with Gasteiger partial charge in [-0.25, -0.2) is 4.99 Å². The van der Waals surface area contributed by atoms with Crippen LogP contribution >= 0.6 is 0 Å². The summed E-state index contributed by atoms with van der Waals surface area (Å²) in [6.07, 6.45) is 0. The van der Waals surface area contributed by atoms with Crippen LogP contribution in [-0.4, -0.2) is 128 Å². The van der Waals surface area contributed by atoms with Crippen LogP contribution in [-0.2, 0) is 28.4 Å². The van der Waals surface area contributed by atoms with Gasteiger partial charge in [0.15, 0.2) is 0 Å². The minimum absolute atomic E-state index is 0.0965. The van der Waals surface area contributed by atoms with E-state index in [4.69, 9.17) is 33.8 Å². The van der Waals surface area contributed by atoms with Crippen molar-refractivity contribution in [2.75, 3.05) is 96.0 Å². The van der Waals surface area contributed by atoms with Crippen molar-refractivity contribution in [1.29, 1.82) is 5.41 Å². The Morgan fingerprint density at radius 3 is 1.67 bits per heavy atom. The first-order valence-electron chi connectivity index (χ1n) is 9.34. The normalized spacial score (nSPS) is 12.5. The van der Waals surface area contributed by atoms with Crippen LogP contribution in [0.1, 0.15) is 6.92 Å². The van der Waals surface area contributed by atoms with Gasteiger partial charge in [0.05, 0.1) is 13.2 Å². The lowest BCUT2D eigenvalue weighted by Crippen LogP contribution is -2.39. The van der Waals surface area contributed by atoms with Crippen molar-refractivity contribution in [2.45, 2.75) is 6.92 Å². The fourth-order valence-electron chi connectivity index (χ4n) is 2.36. The molecule has 0 aromatic carbocycles. The molecule has 0 fully saturated rings. The highest BCUT2D eigenvalue weighted by Crippen LogP contribution is 2.02. The fraction of sp³-hybridized carbons (Fsp3) is 0.833. The van der Waals surface area contributed by atoms with E-state index in [0.717, 1.165) is 0 Å². The maximum absolute atomic E-state index is 8.35. The Labute approximate surface area is 179 Å². The zero-order valence-corrected chi connectivity index (χ0v) is 19.3. The third-order valence-electron chi connectivity index (χ3n) is 3.65. The molecule has 30 heavy (non-hydrogen) atoms. The molecule has 12 heteroatoms. The molecule has 0 aliphatic rings. The summed E-state index contributed by atoms with van der Waals surface area (Å²) in [6, 6.07) is 0. The summed E-state index contributed by atoms with van der Waals surface area (Å²) in [7, 11) is 9.55. The average Bonchev–Trinajstić information content (AvgIpc) is 2.70. The molecule has 0 rings (SSSR count). The van der Waals surface area contributed by atoms with E-state index in [2.05, 4.69) is 9.98 Å². The van der Waals surface area contributed by atoms with Gasteiger partial charge in [0, 0.05) is 49.2 Å². The van der Waals surface area contributed by atoms with Crippen LogP contribution in [0, 0.1) is 5.41 Å². The van der Waals surface area contributed by atoms with E-state index in [-0.39, 0.29) is 19.1 Å². The van der Waals surface area contributed by atoms with E-state index in [1.54, 1.807) is 57.4 Å². The lowest BCUT2D eigenvalue weighted by atomic mass is 10.5. The molecule has 12 nitrogen and oxygen atoms in total. The number of aliphatic imine (C=N–C) groups is 2. The van der Waals surface area contributed by atoms with Crippen molar-refractivity contribution < 1.29 is 28.4 Å². The lowest BCUT2D eigenvalue weighted by molar-refractivity contribution is -0.00368. The Kier molecular flexibility index (Phi) is 17.1. The fourth-order valence-corrected chi connectivity index (χ4v) is 2.36. The summed E-state index contributed by atoms with van der Waals surface area (Å²) >= 11 is 0. The van der Waals surface area contributed by atoms with E-state index in [1.807, 2.05) is 6.92 Å². The first-order chi connectivity index (χ1) is 14.5. The van der Waals surface area contributed by atoms with Crippen molar-refractivity contribution >= 4 is 17.6 Å². The molecule has 1 N–H and O–H groups in total. The van der Waals surface area contributed by atoms with Crippen LogP contribution in [0.5, 0.6) is 0 Å². The minimum Gasteiger partial charge on any atom is -0.383 e. The molecule has 0 aliphatic carbocycles. The Morgan fingerprint density at radius 1 is 0.700 bits per heavy atom. The van der Waals surface area contributed by atoms with Gasteiger partial charge in [0.1, 0.15) is 45.3 Å². The van der Waals surface area contributed by atoms with Gasteiger partial charge in [0.25, 0.3) is 0 Å². The molecule has 0 saturated heterocycles. The van der Waals surface area contributed by atoms with Gasteiger partial charge in [0.2, 0.25) is 5.96 Å². The van der Waals surface area contributed by atoms with Crippen LogP contribution in [0.2, 0.25) is 0 Å². The zero-order valence-electron chi connectivity index (χ0n) is 19.3. The third kappa shape index (κ3) is 12.1. The van der Waals surface area contributed by atoms with Gasteiger partial charge >= 0.3 is 0 Å². The van der Waals surface area contributed by atoms with Gasteiger partial charge in [-0.05, 0) is 6.92 Å². The Hall–Kier alpha value is -1.67. The summed E-state index contributed by atoms with van der Waals surface area (Å²) in [5.74, 6) is 1.04. The molecule has 0 radical (unpaired) electrons. The van der Waals surface area contributed by atoms with Gasteiger partial charge in [-0.3, -0.25) is 10.3 Å². The molecular formula is C18H38N6O6. The Bertz CT molecular complexity index is 507. The monoisotopic (exact) mass is 434 g/mol. The quantitative estimate of drug-likeness (QED) is 0.221. The molecular weight excluding hydrogens is 396 g/mol. The van der Waals surface area contributed by atoms with E-state index in [9.17, 15) is 0 Å². The molecule has 0 aliphatic heterocycles. The summed E-state index contributed by atoms with van der Waals surface area (Å²) < 4.78 is 31.2. The molecule has 0 saturated carbocycles. The van der Waals surface area contributed by atoms with Crippen LogP contribution < -0.4 is 0 Å². The number of rotatable bonds is 15. The summed E-state index contributed by atoms with van der Waals surface area (Å²) in [5, 5.41) is 8.35. The second kappa shape index (κ2) is 18.1. The second-order valence-corrected chi connectivity index (χ2v) is 6.23. The molecule has 0 aromatic heterocycles. The van der Waals surface area contributed by atoms with Crippen LogP contribution in [0.4, 0.5) is 0 Å². The summed E-state index contributed by atoms with van der Waals surface area (Å²) in [4.78, 5) is 14.4. The molecule has 176 valence electrons. The highest BCUT2D eigenvalue weighted by molar-refractivity contribution is 6.01. The number of hydrogen-bond acceptors (Lipinski definition) is 8. The Balaban J connectivity index is 5.79. The molecule has 0 heterocycles. The maximum Gasteiger partial charge on any atom is 0.230 e. The van der Waals surface area contributed by atoms with Crippen molar-refractivity contribution in [3.8, 4) is 0 Å². The van der Waals surface area contributed by atoms with E-state index in [0.29, 0.717) is 51.9 Å². The SMILES string of the molecule is COCCN(COC)C(=NC(=N)CN(COC)COC)/N=C(\C)N(COC)COC.